The van der Waals surface area contributed by atoms with Crippen LogP contribution < -0.4 is 15.3 Å². The summed E-state index contributed by atoms with van der Waals surface area (Å²) in [5.74, 6) is -0.0563. The summed E-state index contributed by atoms with van der Waals surface area (Å²) >= 11 is 0. The lowest BCUT2D eigenvalue weighted by molar-refractivity contribution is 0.0705. The van der Waals surface area contributed by atoms with Gasteiger partial charge in [-0.15, -0.1) is 0 Å². The Morgan fingerprint density at radius 2 is 1.79 bits per heavy atom. The average Bonchev–Trinajstić information content (AvgIpc) is 3.34. The molecule has 3 heterocycles. The van der Waals surface area contributed by atoms with Gasteiger partial charge < -0.3 is 14.7 Å². The molecule has 9 heteroatoms. The summed E-state index contributed by atoms with van der Waals surface area (Å²) < 4.78 is 0. The number of nitrogens with one attached hydrogen (secondary N) is 1. The summed E-state index contributed by atoms with van der Waals surface area (Å²) in [7, 11) is 3.50. The second kappa shape index (κ2) is 7.08. The van der Waals surface area contributed by atoms with Crippen LogP contribution in [0.1, 0.15) is 27.1 Å². The molecule has 0 saturated carbocycles. The third-order valence-corrected chi connectivity index (χ3v) is 5.33. The van der Waals surface area contributed by atoms with Crippen molar-refractivity contribution in [2.24, 2.45) is 0 Å². The number of hydroxylamine groups is 1. The number of fused-ring (bicyclic) bond motifs is 2. The Morgan fingerprint density at radius 1 is 1.11 bits per heavy atom. The Hall–Kier alpha value is -3.20. The summed E-state index contributed by atoms with van der Waals surface area (Å²) in [6.45, 7) is 1.61. The molecule has 0 spiro atoms. The van der Waals surface area contributed by atoms with Crippen LogP contribution in [0.3, 0.4) is 0 Å². The number of rotatable bonds is 4. The van der Waals surface area contributed by atoms with Crippen LogP contribution in [0.25, 0.3) is 0 Å². The van der Waals surface area contributed by atoms with Crippen LogP contribution in [0.5, 0.6) is 0 Å². The average molecular weight is 382 g/mol. The van der Waals surface area contributed by atoms with Crippen LogP contribution in [-0.4, -0.2) is 71.2 Å². The van der Waals surface area contributed by atoms with Gasteiger partial charge in [-0.2, -0.15) is 0 Å². The molecule has 0 radical (unpaired) electrons. The molecule has 2 aromatic rings. The molecule has 28 heavy (non-hydrogen) atoms. The molecule has 9 nitrogen and oxygen atoms in total. The fraction of sp³-hybridized carbons (Fsp3) is 0.368. The minimum Gasteiger partial charge on any atom is -0.365 e. The number of carbonyl (C=O) groups excluding carboxylic acids is 2. The number of piperazine rings is 1. The van der Waals surface area contributed by atoms with Crippen molar-refractivity contribution < 1.29 is 14.8 Å². The maximum Gasteiger partial charge on any atom is 0.277 e. The quantitative estimate of drug-likeness (QED) is 0.595. The molecule has 1 aromatic heterocycles. The minimum atomic E-state index is -0.632. The third kappa shape index (κ3) is 3.13. The number of aromatic nitrogens is 2. The molecule has 2 aliphatic rings. The lowest BCUT2D eigenvalue weighted by Crippen LogP contribution is -2.47. The highest BCUT2D eigenvalue weighted by Gasteiger charge is 2.44. The Labute approximate surface area is 162 Å². The zero-order valence-corrected chi connectivity index (χ0v) is 15.7. The van der Waals surface area contributed by atoms with E-state index < -0.39 is 5.91 Å². The Kier molecular flexibility index (Phi) is 4.60. The van der Waals surface area contributed by atoms with Crippen molar-refractivity contribution in [2.75, 3.05) is 37.0 Å². The van der Waals surface area contributed by atoms with E-state index in [9.17, 15) is 9.59 Å². The maximum absolute atomic E-state index is 12.2. The van der Waals surface area contributed by atoms with Gasteiger partial charge in [-0.05, 0) is 24.6 Å². The molecule has 2 fully saturated rings. The normalized spacial score (nSPS) is 20.4. The van der Waals surface area contributed by atoms with Crippen LogP contribution in [0.4, 0.5) is 11.6 Å². The van der Waals surface area contributed by atoms with Crippen LogP contribution in [-0.2, 0) is 0 Å². The zero-order valence-electron chi connectivity index (χ0n) is 15.7. The molecule has 0 aliphatic carbocycles. The third-order valence-electron chi connectivity index (χ3n) is 5.33. The number of benzene rings is 1. The number of hydrogen-bond donors (Lipinski definition) is 2. The molecule has 2 N–H and O–H groups in total. The fourth-order valence-electron chi connectivity index (χ4n) is 3.96. The lowest BCUT2D eigenvalue weighted by atomic mass is 10.1. The molecule has 4 rings (SSSR count). The summed E-state index contributed by atoms with van der Waals surface area (Å²) in [6.07, 6.45) is 3.82. The molecule has 2 amide bonds. The van der Waals surface area contributed by atoms with Crippen molar-refractivity contribution in [1.29, 1.82) is 0 Å². The Balaban J connectivity index is 1.48. The summed E-state index contributed by atoms with van der Waals surface area (Å²) in [4.78, 5) is 38.3. The van der Waals surface area contributed by atoms with Gasteiger partial charge in [0, 0.05) is 56.9 Å². The van der Waals surface area contributed by atoms with Crippen LogP contribution in [0.2, 0.25) is 0 Å². The first-order valence-electron chi connectivity index (χ1n) is 9.09. The summed E-state index contributed by atoms with van der Waals surface area (Å²) in [5, 5.41) is 8.68. The Bertz CT molecular complexity index is 901. The van der Waals surface area contributed by atoms with E-state index in [1.54, 1.807) is 24.5 Å². The van der Waals surface area contributed by atoms with Crippen molar-refractivity contribution >= 4 is 23.5 Å². The van der Waals surface area contributed by atoms with Crippen LogP contribution in [0.15, 0.2) is 36.7 Å². The molecule has 2 aliphatic heterocycles. The van der Waals surface area contributed by atoms with E-state index in [1.165, 1.54) is 12.4 Å². The van der Waals surface area contributed by atoms with E-state index in [-0.39, 0.29) is 17.5 Å². The van der Waals surface area contributed by atoms with Gasteiger partial charge in [0.15, 0.2) is 0 Å². The van der Waals surface area contributed by atoms with E-state index in [2.05, 4.69) is 19.8 Å². The lowest BCUT2D eigenvalue weighted by Gasteiger charge is -2.35. The zero-order chi connectivity index (χ0) is 19.8. The van der Waals surface area contributed by atoms with Crippen molar-refractivity contribution in [3.05, 3.63) is 47.8 Å². The predicted molar refractivity (Wildman–Crippen MR) is 103 cm³/mol. The molecular weight excluding hydrogens is 360 g/mol. The van der Waals surface area contributed by atoms with Gasteiger partial charge in [-0.3, -0.25) is 14.8 Å². The second-order valence-electron chi connectivity index (χ2n) is 7.31. The predicted octanol–water partition coefficient (Wildman–Crippen LogP) is 0.765. The minimum absolute atomic E-state index is 0.00626. The SMILES string of the molecule is CN(C)C(=O)c1cccc(N2C[C@@H]3C[C@H]2CN3c2ncc(C(=O)NO)cn2)c1. The molecule has 2 atom stereocenters. The second-order valence-corrected chi connectivity index (χ2v) is 7.31. The van der Waals surface area contributed by atoms with Gasteiger partial charge in [0.2, 0.25) is 5.95 Å². The number of hydrogen-bond acceptors (Lipinski definition) is 7. The van der Waals surface area contributed by atoms with E-state index in [4.69, 9.17) is 5.21 Å². The van der Waals surface area contributed by atoms with Crippen molar-refractivity contribution in [2.45, 2.75) is 18.5 Å². The standard InChI is InChI=1S/C19H22N6O3/c1-23(2)18(27)12-4-3-5-14(6-12)24-10-16-7-15(24)11-25(16)19-20-8-13(9-21-19)17(26)22-28/h3-6,8-9,15-16,28H,7,10-11H2,1-2H3,(H,22,26)/t15-,16-/m0/s1. The van der Waals surface area contributed by atoms with Crippen LogP contribution in [0, 0.1) is 0 Å². The number of nitrogens with zero attached hydrogens (tertiary/aromatic N) is 5. The van der Waals surface area contributed by atoms with E-state index in [0.29, 0.717) is 17.6 Å². The van der Waals surface area contributed by atoms with Gasteiger partial charge in [-0.25, -0.2) is 15.4 Å². The van der Waals surface area contributed by atoms with Crippen LogP contribution >= 0.6 is 0 Å². The largest absolute Gasteiger partial charge is 0.365 e. The summed E-state index contributed by atoms with van der Waals surface area (Å²) in [5.41, 5.74) is 3.52. The van der Waals surface area contributed by atoms with E-state index >= 15 is 0 Å². The highest BCUT2D eigenvalue weighted by Crippen LogP contribution is 2.36. The molecule has 146 valence electrons. The highest BCUT2D eigenvalue weighted by atomic mass is 16.5. The Morgan fingerprint density at radius 3 is 2.39 bits per heavy atom. The monoisotopic (exact) mass is 382 g/mol. The van der Waals surface area contributed by atoms with Gasteiger partial charge in [0.25, 0.3) is 11.8 Å². The van der Waals surface area contributed by atoms with E-state index in [0.717, 1.165) is 25.2 Å². The first-order chi connectivity index (χ1) is 13.5. The van der Waals surface area contributed by atoms with Gasteiger partial charge in [-0.1, -0.05) is 6.07 Å². The van der Waals surface area contributed by atoms with E-state index in [1.807, 2.05) is 24.3 Å². The highest BCUT2D eigenvalue weighted by molar-refractivity contribution is 5.95. The van der Waals surface area contributed by atoms with Crippen molar-refractivity contribution in [1.82, 2.24) is 20.3 Å². The number of carbonyl (C=O) groups is 2. The molecule has 2 bridgehead atoms. The first-order valence-corrected chi connectivity index (χ1v) is 9.09. The first kappa shape index (κ1) is 18.2. The van der Waals surface area contributed by atoms with Gasteiger partial charge in [0.05, 0.1) is 11.6 Å². The van der Waals surface area contributed by atoms with Gasteiger partial charge >= 0.3 is 0 Å². The summed E-state index contributed by atoms with van der Waals surface area (Å²) in [6, 6.07) is 8.34. The topological polar surface area (TPSA) is 102 Å². The molecule has 2 saturated heterocycles. The smallest absolute Gasteiger partial charge is 0.277 e. The fourth-order valence-corrected chi connectivity index (χ4v) is 3.96. The van der Waals surface area contributed by atoms with Crippen molar-refractivity contribution in [3.8, 4) is 0 Å². The maximum atomic E-state index is 12.2. The number of amides is 2. The molecule has 0 unspecified atom stereocenters. The number of anilines is 2. The van der Waals surface area contributed by atoms with Gasteiger partial charge in [0.1, 0.15) is 0 Å². The van der Waals surface area contributed by atoms with Crippen molar-refractivity contribution in [3.63, 3.8) is 0 Å². The molecular formula is C19H22N6O3. The molecule has 1 aromatic carbocycles.